The van der Waals surface area contributed by atoms with Crippen LogP contribution < -0.4 is 15.0 Å². The number of nitrogens with zero attached hydrogens (tertiary/aromatic N) is 1. The minimum Gasteiger partial charge on any atom is -0.495 e. The highest BCUT2D eigenvalue weighted by molar-refractivity contribution is 9.10. The van der Waals surface area contributed by atoms with E-state index < -0.39 is 0 Å². The van der Waals surface area contributed by atoms with Crippen LogP contribution in [0.1, 0.15) is 12.5 Å². The summed E-state index contributed by atoms with van der Waals surface area (Å²) in [7, 11) is 1.54. The van der Waals surface area contributed by atoms with Crippen LogP contribution in [0.25, 0.3) is 0 Å². The van der Waals surface area contributed by atoms with Gasteiger partial charge in [0.1, 0.15) is 12.3 Å². The Balaban J connectivity index is 2.19. The van der Waals surface area contributed by atoms with Crippen LogP contribution in [0.15, 0.2) is 46.9 Å². The van der Waals surface area contributed by atoms with Gasteiger partial charge in [-0.15, -0.1) is 0 Å². The zero-order valence-corrected chi connectivity index (χ0v) is 15.4. The summed E-state index contributed by atoms with van der Waals surface area (Å²) in [4.78, 5) is 25.8. The number of carbonyl (C=O) groups is 2. The van der Waals surface area contributed by atoms with Gasteiger partial charge in [0.2, 0.25) is 11.8 Å². The molecule has 0 radical (unpaired) electrons. The molecule has 0 aliphatic rings. The third-order valence-electron chi connectivity index (χ3n) is 3.46. The van der Waals surface area contributed by atoms with E-state index in [1.807, 2.05) is 31.2 Å². The molecule has 0 saturated heterocycles. The molecule has 2 aromatic carbocycles. The second kappa shape index (κ2) is 7.97. The van der Waals surface area contributed by atoms with Gasteiger partial charge < -0.3 is 15.0 Å². The first-order chi connectivity index (χ1) is 11.4. The molecule has 6 heteroatoms. The molecule has 0 heterocycles. The Morgan fingerprint density at radius 3 is 2.54 bits per heavy atom. The highest BCUT2D eigenvalue weighted by Crippen LogP contribution is 2.28. The van der Waals surface area contributed by atoms with Crippen LogP contribution in [0.4, 0.5) is 11.4 Å². The molecule has 5 nitrogen and oxygen atoms in total. The molecule has 0 atom stereocenters. The molecule has 24 heavy (non-hydrogen) atoms. The molecule has 0 fully saturated rings. The lowest BCUT2D eigenvalue weighted by atomic mass is 10.2. The number of rotatable bonds is 5. The van der Waals surface area contributed by atoms with Crippen molar-refractivity contribution >= 4 is 39.1 Å². The van der Waals surface area contributed by atoms with Crippen molar-refractivity contribution in [3.63, 3.8) is 0 Å². The van der Waals surface area contributed by atoms with Crippen molar-refractivity contribution in [2.45, 2.75) is 13.8 Å². The van der Waals surface area contributed by atoms with Gasteiger partial charge >= 0.3 is 0 Å². The number of halogens is 1. The van der Waals surface area contributed by atoms with Gasteiger partial charge in [0.25, 0.3) is 0 Å². The van der Waals surface area contributed by atoms with Crippen LogP contribution in [0, 0.1) is 6.92 Å². The second-order valence-corrected chi connectivity index (χ2v) is 6.16. The number of aryl methyl sites for hydroxylation is 1. The SMILES string of the molecule is COc1ccccc1NC(=O)CN(C(C)=O)c1ccc(C)cc1Br. The van der Waals surface area contributed by atoms with Crippen molar-refractivity contribution in [3.8, 4) is 5.75 Å². The molecule has 0 bridgehead atoms. The lowest BCUT2D eigenvalue weighted by molar-refractivity contribution is -0.120. The van der Waals surface area contributed by atoms with Crippen molar-refractivity contribution in [3.05, 3.63) is 52.5 Å². The smallest absolute Gasteiger partial charge is 0.244 e. The first-order valence-corrected chi connectivity index (χ1v) is 8.18. The lowest BCUT2D eigenvalue weighted by Crippen LogP contribution is -2.37. The van der Waals surface area contributed by atoms with Crippen molar-refractivity contribution in [2.75, 3.05) is 23.9 Å². The van der Waals surface area contributed by atoms with E-state index in [2.05, 4.69) is 21.2 Å². The molecule has 0 aromatic heterocycles. The van der Waals surface area contributed by atoms with E-state index in [0.717, 1.165) is 10.0 Å². The number of para-hydroxylation sites is 2. The van der Waals surface area contributed by atoms with Crippen LogP contribution in [0.5, 0.6) is 5.75 Å². The van der Waals surface area contributed by atoms with E-state index >= 15 is 0 Å². The molecule has 0 unspecified atom stereocenters. The number of anilines is 2. The predicted molar refractivity (Wildman–Crippen MR) is 98.5 cm³/mol. The number of benzene rings is 2. The molecule has 2 amide bonds. The van der Waals surface area contributed by atoms with Crippen LogP contribution in [0.2, 0.25) is 0 Å². The number of nitrogens with one attached hydrogen (secondary N) is 1. The van der Waals surface area contributed by atoms with E-state index in [0.29, 0.717) is 17.1 Å². The Morgan fingerprint density at radius 1 is 1.21 bits per heavy atom. The Morgan fingerprint density at radius 2 is 1.92 bits per heavy atom. The molecule has 0 saturated carbocycles. The van der Waals surface area contributed by atoms with Crippen molar-refractivity contribution in [1.82, 2.24) is 0 Å². The fourth-order valence-corrected chi connectivity index (χ4v) is 2.99. The van der Waals surface area contributed by atoms with Crippen LogP contribution in [-0.4, -0.2) is 25.5 Å². The summed E-state index contributed by atoms with van der Waals surface area (Å²) in [5.41, 5.74) is 2.28. The highest BCUT2D eigenvalue weighted by Gasteiger charge is 2.19. The number of hydrogen-bond acceptors (Lipinski definition) is 3. The number of ether oxygens (including phenoxy) is 1. The van der Waals surface area contributed by atoms with E-state index in [9.17, 15) is 9.59 Å². The summed E-state index contributed by atoms with van der Waals surface area (Å²) in [6.45, 7) is 3.30. The first kappa shape index (κ1) is 18.0. The Hall–Kier alpha value is -2.34. The fraction of sp³-hybridized carbons (Fsp3) is 0.222. The molecule has 126 valence electrons. The van der Waals surface area contributed by atoms with Gasteiger partial charge in [0, 0.05) is 11.4 Å². The monoisotopic (exact) mass is 390 g/mol. The number of methoxy groups -OCH3 is 1. The molecule has 0 aliphatic carbocycles. The third kappa shape index (κ3) is 4.35. The normalized spacial score (nSPS) is 10.2. The standard InChI is InChI=1S/C18H19BrN2O3/c1-12-8-9-16(14(19)10-12)21(13(2)22)11-18(23)20-15-6-4-5-7-17(15)24-3/h4-10H,11H2,1-3H3,(H,20,23). The molecule has 0 spiro atoms. The maximum absolute atomic E-state index is 12.4. The summed E-state index contributed by atoms with van der Waals surface area (Å²) < 4.78 is 5.98. The van der Waals surface area contributed by atoms with Gasteiger partial charge in [0.05, 0.1) is 18.5 Å². The minimum atomic E-state index is -0.304. The van der Waals surface area contributed by atoms with E-state index in [1.165, 1.54) is 18.9 Å². The van der Waals surface area contributed by atoms with E-state index in [4.69, 9.17) is 4.74 Å². The third-order valence-corrected chi connectivity index (χ3v) is 4.09. The molecule has 1 N–H and O–H groups in total. The Kier molecular flexibility index (Phi) is 5.98. The summed E-state index contributed by atoms with van der Waals surface area (Å²) in [5, 5.41) is 2.77. The topological polar surface area (TPSA) is 58.6 Å². The van der Waals surface area contributed by atoms with Gasteiger partial charge in [0.15, 0.2) is 0 Å². The van der Waals surface area contributed by atoms with Gasteiger partial charge in [-0.1, -0.05) is 18.2 Å². The first-order valence-electron chi connectivity index (χ1n) is 7.39. The average molecular weight is 391 g/mol. The van der Waals surface area contributed by atoms with Crippen molar-refractivity contribution in [2.24, 2.45) is 0 Å². The summed E-state index contributed by atoms with van der Waals surface area (Å²) in [6.07, 6.45) is 0. The highest BCUT2D eigenvalue weighted by atomic mass is 79.9. The van der Waals surface area contributed by atoms with Crippen LogP contribution in [-0.2, 0) is 9.59 Å². The number of amides is 2. The average Bonchev–Trinajstić information content (AvgIpc) is 2.53. The molecular weight excluding hydrogens is 372 g/mol. The van der Waals surface area contributed by atoms with Crippen molar-refractivity contribution < 1.29 is 14.3 Å². The Labute approximate surface area is 149 Å². The van der Waals surface area contributed by atoms with Crippen LogP contribution >= 0.6 is 15.9 Å². The van der Waals surface area contributed by atoms with Gasteiger partial charge in [-0.3, -0.25) is 9.59 Å². The molecule has 2 aromatic rings. The summed E-state index contributed by atoms with van der Waals surface area (Å²) in [5.74, 6) is 0.0497. The molecule has 2 rings (SSSR count). The number of hydrogen-bond donors (Lipinski definition) is 1. The van der Waals surface area contributed by atoms with Crippen molar-refractivity contribution in [1.29, 1.82) is 0 Å². The lowest BCUT2D eigenvalue weighted by Gasteiger charge is -2.22. The van der Waals surface area contributed by atoms with Crippen LogP contribution in [0.3, 0.4) is 0 Å². The molecular formula is C18H19BrN2O3. The van der Waals surface area contributed by atoms with Gasteiger partial charge in [-0.25, -0.2) is 0 Å². The number of carbonyl (C=O) groups excluding carboxylic acids is 2. The minimum absolute atomic E-state index is 0.0883. The summed E-state index contributed by atoms with van der Waals surface area (Å²) >= 11 is 3.45. The zero-order chi connectivity index (χ0) is 17.7. The zero-order valence-electron chi connectivity index (χ0n) is 13.8. The molecule has 0 aliphatic heterocycles. The second-order valence-electron chi connectivity index (χ2n) is 5.31. The van der Waals surface area contributed by atoms with E-state index in [-0.39, 0.29) is 18.4 Å². The summed E-state index contributed by atoms with van der Waals surface area (Å²) in [6, 6.07) is 12.7. The predicted octanol–water partition coefficient (Wildman–Crippen LogP) is 3.76. The fourth-order valence-electron chi connectivity index (χ4n) is 2.28. The van der Waals surface area contributed by atoms with E-state index in [1.54, 1.807) is 18.2 Å². The maximum Gasteiger partial charge on any atom is 0.244 e. The van der Waals surface area contributed by atoms with Gasteiger partial charge in [-0.05, 0) is 52.7 Å². The Bertz CT molecular complexity index is 762. The van der Waals surface area contributed by atoms with Gasteiger partial charge in [-0.2, -0.15) is 0 Å². The largest absolute Gasteiger partial charge is 0.495 e. The quantitative estimate of drug-likeness (QED) is 0.845. The maximum atomic E-state index is 12.4.